The van der Waals surface area contributed by atoms with E-state index in [0.717, 1.165) is 22.7 Å². The summed E-state index contributed by atoms with van der Waals surface area (Å²) in [6, 6.07) is 9.94. The highest BCUT2D eigenvalue weighted by molar-refractivity contribution is 5.83. The van der Waals surface area contributed by atoms with Gasteiger partial charge in [0.1, 0.15) is 17.4 Å². The number of nitrogens with zero attached hydrogens (tertiary/aromatic N) is 2. The Bertz CT molecular complexity index is 777. The Morgan fingerprint density at radius 2 is 2.00 bits per heavy atom. The zero-order valence-corrected chi connectivity index (χ0v) is 10.7. The van der Waals surface area contributed by atoms with E-state index in [1.807, 2.05) is 36.7 Å². The fraction of sp³-hybridized carbons (Fsp3) is 0.133. The van der Waals surface area contributed by atoms with E-state index in [1.54, 1.807) is 6.07 Å². The quantitative estimate of drug-likeness (QED) is 0.724. The number of rotatable bonds is 1. The second-order valence-corrected chi connectivity index (χ2v) is 4.60. The summed E-state index contributed by atoms with van der Waals surface area (Å²) in [5.41, 5.74) is 3.31. The van der Waals surface area contributed by atoms with E-state index in [2.05, 4.69) is 4.98 Å². The fourth-order valence-electron chi connectivity index (χ4n) is 2.39. The van der Waals surface area contributed by atoms with Crippen LogP contribution in [-0.2, 0) is 7.05 Å². The molecule has 0 atom stereocenters. The van der Waals surface area contributed by atoms with Crippen molar-refractivity contribution < 1.29 is 9.50 Å². The predicted molar refractivity (Wildman–Crippen MR) is 72.5 cm³/mol. The van der Waals surface area contributed by atoms with Gasteiger partial charge in [-0.05, 0) is 30.7 Å². The van der Waals surface area contributed by atoms with Crippen molar-refractivity contribution >= 4 is 11.0 Å². The van der Waals surface area contributed by atoms with Crippen LogP contribution in [0.15, 0.2) is 36.4 Å². The standard InChI is InChI=1S/C15H13FN2O/c1-9-4-3-5-13-14(9)18(2)15(17-13)11-7-6-10(19)8-12(11)16/h3-8,19H,1-2H3. The summed E-state index contributed by atoms with van der Waals surface area (Å²) in [7, 11) is 1.87. The van der Waals surface area contributed by atoms with Crippen LogP contribution < -0.4 is 0 Å². The molecule has 96 valence electrons. The van der Waals surface area contributed by atoms with E-state index in [9.17, 15) is 9.50 Å². The maximum atomic E-state index is 13.9. The Labute approximate surface area is 109 Å². The normalized spacial score (nSPS) is 11.1. The number of hydrogen-bond donors (Lipinski definition) is 1. The van der Waals surface area contributed by atoms with Crippen molar-refractivity contribution in [3.05, 3.63) is 47.8 Å². The molecule has 3 aromatic rings. The van der Waals surface area contributed by atoms with Crippen LogP contribution in [0.25, 0.3) is 22.4 Å². The lowest BCUT2D eigenvalue weighted by Crippen LogP contribution is -1.95. The minimum absolute atomic E-state index is 0.0869. The van der Waals surface area contributed by atoms with Crippen molar-refractivity contribution in [1.82, 2.24) is 9.55 Å². The Morgan fingerprint density at radius 3 is 2.68 bits per heavy atom. The van der Waals surface area contributed by atoms with E-state index < -0.39 is 5.82 Å². The van der Waals surface area contributed by atoms with Crippen LogP contribution in [0, 0.1) is 12.7 Å². The number of para-hydroxylation sites is 1. The van der Waals surface area contributed by atoms with Gasteiger partial charge in [0.2, 0.25) is 0 Å². The third-order valence-electron chi connectivity index (χ3n) is 3.29. The molecule has 0 bridgehead atoms. The Balaban J connectivity index is 2.31. The number of phenols is 1. The van der Waals surface area contributed by atoms with Crippen LogP contribution in [0.1, 0.15) is 5.56 Å². The van der Waals surface area contributed by atoms with Gasteiger partial charge in [0, 0.05) is 13.1 Å². The first-order valence-corrected chi connectivity index (χ1v) is 5.99. The van der Waals surface area contributed by atoms with Gasteiger partial charge in [-0.1, -0.05) is 12.1 Å². The highest BCUT2D eigenvalue weighted by atomic mass is 19.1. The molecule has 0 fully saturated rings. The zero-order valence-electron chi connectivity index (χ0n) is 10.7. The average molecular weight is 256 g/mol. The molecule has 19 heavy (non-hydrogen) atoms. The maximum absolute atomic E-state index is 13.9. The van der Waals surface area contributed by atoms with Crippen LogP contribution in [0.2, 0.25) is 0 Å². The topological polar surface area (TPSA) is 38.1 Å². The highest BCUT2D eigenvalue weighted by Gasteiger charge is 2.14. The molecule has 0 aliphatic heterocycles. The van der Waals surface area contributed by atoms with E-state index in [1.165, 1.54) is 6.07 Å². The van der Waals surface area contributed by atoms with Gasteiger partial charge in [0.25, 0.3) is 0 Å². The molecule has 2 aromatic carbocycles. The number of hydrogen-bond acceptors (Lipinski definition) is 2. The number of halogens is 1. The summed E-state index contributed by atoms with van der Waals surface area (Å²) in [5, 5.41) is 9.27. The number of benzene rings is 2. The summed E-state index contributed by atoms with van der Waals surface area (Å²) in [6.45, 7) is 2.00. The van der Waals surface area contributed by atoms with Gasteiger partial charge < -0.3 is 9.67 Å². The summed E-state index contributed by atoms with van der Waals surface area (Å²) in [6.07, 6.45) is 0. The van der Waals surface area contributed by atoms with Gasteiger partial charge in [0.05, 0.1) is 16.6 Å². The van der Waals surface area contributed by atoms with Gasteiger partial charge in [-0.25, -0.2) is 9.37 Å². The van der Waals surface area contributed by atoms with Crippen molar-refractivity contribution in [2.24, 2.45) is 7.05 Å². The van der Waals surface area contributed by atoms with Crippen molar-refractivity contribution in [3.8, 4) is 17.1 Å². The predicted octanol–water partition coefficient (Wildman–Crippen LogP) is 3.39. The Hall–Kier alpha value is -2.36. The van der Waals surface area contributed by atoms with Crippen LogP contribution in [0.5, 0.6) is 5.75 Å². The monoisotopic (exact) mass is 256 g/mol. The third kappa shape index (κ3) is 1.76. The smallest absolute Gasteiger partial charge is 0.143 e. The first kappa shape index (κ1) is 11.7. The van der Waals surface area contributed by atoms with Crippen LogP contribution in [0.3, 0.4) is 0 Å². The molecule has 0 radical (unpaired) electrons. The number of aromatic nitrogens is 2. The van der Waals surface area contributed by atoms with E-state index in [0.29, 0.717) is 11.4 Å². The number of aromatic hydroxyl groups is 1. The first-order valence-electron chi connectivity index (χ1n) is 5.99. The molecule has 3 nitrogen and oxygen atoms in total. The molecule has 0 spiro atoms. The third-order valence-corrected chi connectivity index (χ3v) is 3.29. The molecular formula is C15H13FN2O. The van der Waals surface area contributed by atoms with Crippen LogP contribution >= 0.6 is 0 Å². The first-order chi connectivity index (χ1) is 9.08. The van der Waals surface area contributed by atoms with E-state index in [-0.39, 0.29) is 5.75 Å². The number of aryl methyl sites for hydroxylation is 2. The van der Waals surface area contributed by atoms with E-state index in [4.69, 9.17) is 0 Å². The average Bonchev–Trinajstić information content (AvgIpc) is 2.68. The summed E-state index contributed by atoms with van der Waals surface area (Å²) in [5.74, 6) is -0.00551. The van der Waals surface area contributed by atoms with Crippen LogP contribution in [-0.4, -0.2) is 14.7 Å². The fourth-order valence-corrected chi connectivity index (χ4v) is 2.39. The molecular weight excluding hydrogens is 243 g/mol. The Kier molecular flexibility index (Phi) is 2.52. The largest absolute Gasteiger partial charge is 0.508 e. The lowest BCUT2D eigenvalue weighted by atomic mass is 10.2. The minimum atomic E-state index is -0.476. The van der Waals surface area contributed by atoms with Gasteiger partial charge in [0.15, 0.2) is 0 Å². The number of phenolic OH excluding ortho intramolecular Hbond substituents is 1. The lowest BCUT2D eigenvalue weighted by Gasteiger charge is -2.05. The van der Waals surface area contributed by atoms with Gasteiger partial charge in [-0.3, -0.25) is 0 Å². The molecule has 3 rings (SSSR count). The number of fused-ring (bicyclic) bond motifs is 1. The summed E-state index contributed by atoms with van der Waals surface area (Å²) < 4.78 is 15.8. The molecule has 0 amide bonds. The lowest BCUT2D eigenvalue weighted by molar-refractivity contribution is 0.469. The van der Waals surface area contributed by atoms with Crippen LogP contribution in [0.4, 0.5) is 4.39 Å². The zero-order chi connectivity index (χ0) is 13.6. The number of imidazole rings is 1. The van der Waals surface area contributed by atoms with Crippen molar-refractivity contribution in [3.63, 3.8) is 0 Å². The molecule has 1 heterocycles. The second-order valence-electron chi connectivity index (χ2n) is 4.60. The molecule has 1 N–H and O–H groups in total. The summed E-state index contributed by atoms with van der Waals surface area (Å²) >= 11 is 0. The maximum Gasteiger partial charge on any atom is 0.143 e. The molecule has 0 saturated carbocycles. The molecule has 0 aliphatic carbocycles. The van der Waals surface area contributed by atoms with Crippen molar-refractivity contribution in [2.45, 2.75) is 6.92 Å². The van der Waals surface area contributed by atoms with E-state index >= 15 is 0 Å². The van der Waals surface area contributed by atoms with Gasteiger partial charge >= 0.3 is 0 Å². The second kappa shape index (κ2) is 4.09. The van der Waals surface area contributed by atoms with Crippen molar-refractivity contribution in [2.75, 3.05) is 0 Å². The molecule has 0 unspecified atom stereocenters. The molecule has 0 saturated heterocycles. The summed E-state index contributed by atoms with van der Waals surface area (Å²) in [4.78, 5) is 4.48. The molecule has 0 aliphatic rings. The minimum Gasteiger partial charge on any atom is -0.508 e. The Morgan fingerprint density at radius 1 is 1.21 bits per heavy atom. The molecule has 1 aromatic heterocycles. The molecule has 4 heteroatoms. The van der Waals surface area contributed by atoms with Crippen molar-refractivity contribution in [1.29, 1.82) is 0 Å². The van der Waals surface area contributed by atoms with Gasteiger partial charge in [-0.15, -0.1) is 0 Å². The van der Waals surface area contributed by atoms with Gasteiger partial charge in [-0.2, -0.15) is 0 Å². The SMILES string of the molecule is Cc1cccc2nc(-c3ccc(O)cc3F)n(C)c12. The highest BCUT2D eigenvalue weighted by Crippen LogP contribution is 2.28.